The molecule has 0 atom stereocenters. The van der Waals surface area contributed by atoms with Gasteiger partial charge in [0.2, 0.25) is 0 Å². The van der Waals surface area contributed by atoms with E-state index in [0.29, 0.717) is 36.5 Å². The summed E-state index contributed by atoms with van der Waals surface area (Å²) >= 11 is 0. The van der Waals surface area contributed by atoms with Crippen molar-refractivity contribution in [1.82, 2.24) is 20.3 Å². The van der Waals surface area contributed by atoms with E-state index in [1.54, 1.807) is 19.9 Å². The van der Waals surface area contributed by atoms with E-state index < -0.39 is 0 Å². The SMILES string of the molecule is Cc1cc(C(=O)N2CCCN2C(=O)c2conc2C)no1. The maximum absolute atomic E-state index is 12.5. The molecule has 0 radical (unpaired) electrons. The summed E-state index contributed by atoms with van der Waals surface area (Å²) in [6, 6.07) is 1.55. The van der Waals surface area contributed by atoms with Crippen LogP contribution in [-0.4, -0.2) is 45.2 Å². The van der Waals surface area contributed by atoms with Gasteiger partial charge >= 0.3 is 0 Å². The molecule has 1 aliphatic heterocycles. The van der Waals surface area contributed by atoms with E-state index in [1.807, 2.05) is 0 Å². The molecule has 1 saturated heterocycles. The van der Waals surface area contributed by atoms with E-state index in [4.69, 9.17) is 9.05 Å². The van der Waals surface area contributed by atoms with Crippen molar-refractivity contribution in [2.45, 2.75) is 20.3 Å². The van der Waals surface area contributed by atoms with Crippen molar-refractivity contribution in [2.75, 3.05) is 13.1 Å². The van der Waals surface area contributed by atoms with Gasteiger partial charge in [-0.2, -0.15) is 0 Å². The predicted octanol–water partition coefficient (Wildman–Crippen LogP) is 1.18. The summed E-state index contributed by atoms with van der Waals surface area (Å²) < 4.78 is 9.69. The molecular weight excluding hydrogens is 276 g/mol. The second-order valence-electron chi connectivity index (χ2n) is 4.85. The number of aryl methyl sites for hydroxylation is 2. The Morgan fingerprint density at radius 3 is 2.43 bits per heavy atom. The lowest BCUT2D eigenvalue weighted by Crippen LogP contribution is -2.45. The highest BCUT2D eigenvalue weighted by Gasteiger charge is 2.34. The number of carbonyl (C=O) groups is 2. The Bertz CT molecular complexity index is 690. The Morgan fingerprint density at radius 2 is 1.86 bits per heavy atom. The van der Waals surface area contributed by atoms with Gasteiger partial charge in [-0.05, 0) is 20.3 Å². The van der Waals surface area contributed by atoms with Crippen molar-refractivity contribution in [3.05, 3.63) is 35.0 Å². The van der Waals surface area contributed by atoms with Crippen molar-refractivity contribution >= 4 is 11.8 Å². The quantitative estimate of drug-likeness (QED) is 0.824. The monoisotopic (exact) mass is 290 g/mol. The maximum Gasteiger partial charge on any atom is 0.294 e. The smallest absolute Gasteiger partial charge is 0.294 e. The average Bonchev–Trinajstić information content (AvgIpc) is 3.17. The Kier molecular flexibility index (Phi) is 3.20. The molecule has 21 heavy (non-hydrogen) atoms. The van der Waals surface area contributed by atoms with Crippen LogP contribution in [0.1, 0.15) is 38.7 Å². The number of rotatable bonds is 2. The number of aromatic nitrogens is 2. The zero-order valence-corrected chi connectivity index (χ0v) is 11.7. The van der Waals surface area contributed by atoms with Crippen LogP contribution in [0, 0.1) is 13.8 Å². The highest BCUT2D eigenvalue weighted by molar-refractivity contribution is 5.98. The lowest BCUT2D eigenvalue weighted by molar-refractivity contribution is 0.0179. The Labute approximate surface area is 120 Å². The van der Waals surface area contributed by atoms with Crippen LogP contribution in [0.5, 0.6) is 0 Å². The molecule has 0 N–H and O–H groups in total. The molecule has 0 unspecified atom stereocenters. The van der Waals surface area contributed by atoms with E-state index in [-0.39, 0.29) is 17.5 Å². The van der Waals surface area contributed by atoms with Crippen LogP contribution in [0.15, 0.2) is 21.4 Å². The third kappa shape index (κ3) is 2.28. The van der Waals surface area contributed by atoms with E-state index in [2.05, 4.69) is 10.3 Å². The molecule has 8 nitrogen and oxygen atoms in total. The van der Waals surface area contributed by atoms with Gasteiger partial charge in [0.05, 0.1) is 5.69 Å². The highest BCUT2D eigenvalue weighted by Crippen LogP contribution is 2.19. The van der Waals surface area contributed by atoms with E-state index in [1.165, 1.54) is 16.3 Å². The van der Waals surface area contributed by atoms with Crippen molar-refractivity contribution in [1.29, 1.82) is 0 Å². The van der Waals surface area contributed by atoms with E-state index >= 15 is 0 Å². The fraction of sp³-hybridized carbons (Fsp3) is 0.385. The Balaban J connectivity index is 1.84. The number of nitrogens with zero attached hydrogens (tertiary/aromatic N) is 4. The molecule has 0 saturated carbocycles. The summed E-state index contributed by atoms with van der Waals surface area (Å²) in [7, 11) is 0. The fourth-order valence-corrected chi connectivity index (χ4v) is 2.27. The third-order valence-corrected chi connectivity index (χ3v) is 3.33. The molecular formula is C13H14N4O4. The number of hydrogen-bond donors (Lipinski definition) is 0. The molecule has 8 heteroatoms. The zero-order valence-electron chi connectivity index (χ0n) is 11.7. The molecule has 0 aromatic carbocycles. The van der Waals surface area contributed by atoms with Crippen LogP contribution in [0.2, 0.25) is 0 Å². The summed E-state index contributed by atoms with van der Waals surface area (Å²) in [5.41, 5.74) is 1.04. The fourth-order valence-electron chi connectivity index (χ4n) is 2.27. The highest BCUT2D eigenvalue weighted by atomic mass is 16.5. The Hall–Kier alpha value is -2.64. The molecule has 2 amide bonds. The molecule has 3 rings (SSSR count). The molecule has 0 aliphatic carbocycles. The molecule has 0 bridgehead atoms. The maximum atomic E-state index is 12.5. The van der Waals surface area contributed by atoms with Crippen molar-refractivity contribution < 1.29 is 18.6 Å². The van der Waals surface area contributed by atoms with Gasteiger partial charge in [-0.3, -0.25) is 9.59 Å². The van der Waals surface area contributed by atoms with Gasteiger partial charge in [0.1, 0.15) is 17.6 Å². The van der Waals surface area contributed by atoms with Gasteiger partial charge in [0.25, 0.3) is 11.8 Å². The second-order valence-corrected chi connectivity index (χ2v) is 4.85. The Morgan fingerprint density at radius 1 is 1.14 bits per heavy atom. The number of hydrazine groups is 1. The van der Waals surface area contributed by atoms with E-state index in [9.17, 15) is 9.59 Å². The molecule has 110 valence electrons. The first kappa shape index (κ1) is 13.3. The van der Waals surface area contributed by atoms with Gasteiger partial charge in [-0.1, -0.05) is 10.3 Å². The largest absolute Gasteiger partial charge is 0.364 e. The normalized spacial score (nSPS) is 14.8. The summed E-state index contributed by atoms with van der Waals surface area (Å²) in [6.45, 7) is 4.31. The van der Waals surface area contributed by atoms with Gasteiger partial charge in [-0.15, -0.1) is 0 Å². The minimum atomic E-state index is -0.355. The van der Waals surface area contributed by atoms with Gasteiger partial charge in [0.15, 0.2) is 5.69 Å². The molecule has 1 fully saturated rings. The van der Waals surface area contributed by atoms with Crippen molar-refractivity contribution in [3.8, 4) is 0 Å². The van der Waals surface area contributed by atoms with Crippen LogP contribution >= 0.6 is 0 Å². The second kappa shape index (κ2) is 5.04. The minimum absolute atomic E-state index is 0.189. The van der Waals surface area contributed by atoms with Gasteiger partial charge in [-0.25, -0.2) is 10.0 Å². The lowest BCUT2D eigenvalue weighted by atomic mass is 10.2. The van der Waals surface area contributed by atoms with Crippen LogP contribution in [0.25, 0.3) is 0 Å². The number of hydrogen-bond acceptors (Lipinski definition) is 6. The molecule has 0 spiro atoms. The molecule has 3 heterocycles. The third-order valence-electron chi connectivity index (χ3n) is 3.33. The summed E-state index contributed by atoms with van der Waals surface area (Å²) in [5, 5.41) is 10.2. The predicted molar refractivity (Wildman–Crippen MR) is 69.2 cm³/mol. The molecule has 2 aromatic heterocycles. The first-order valence-corrected chi connectivity index (χ1v) is 6.56. The first-order valence-electron chi connectivity index (χ1n) is 6.56. The minimum Gasteiger partial charge on any atom is -0.364 e. The van der Waals surface area contributed by atoms with Crippen LogP contribution in [0.4, 0.5) is 0 Å². The first-order chi connectivity index (χ1) is 10.1. The van der Waals surface area contributed by atoms with Gasteiger partial charge < -0.3 is 9.05 Å². The molecule has 2 aromatic rings. The summed E-state index contributed by atoms with van der Waals surface area (Å²) in [6.07, 6.45) is 2.00. The average molecular weight is 290 g/mol. The summed E-state index contributed by atoms with van der Waals surface area (Å²) in [4.78, 5) is 24.9. The lowest BCUT2D eigenvalue weighted by Gasteiger charge is -2.26. The van der Waals surface area contributed by atoms with Crippen LogP contribution in [0.3, 0.4) is 0 Å². The zero-order chi connectivity index (χ0) is 15.0. The van der Waals surface area contributed by atoms with Crippen molar-refractivity contribution in [2.24, 2.45) is 0 Å². The summed E-state index contributed by atoms with van der Waals surface area (Å²) in [5.74, 6) is -0.114. The molecule has 1 aliphatic rings. The van der Waals surface area contributed by atoms with Crippen LogP contribution in [-0.2, 0) is 0 Å². The standard InChI is InChI=1S/C13H14N4O4/c1-8-6-11(15-21-8)13(19)17-5-3-4-16(17)12(18)10-7-20-14-9(10)2/h6-7H,3-5H2,1-2H3. The topological polar surface area (TPSA) is 92.7 Å². The number of amides is 2. The van der Waals surface area contributed by atoms with Crippen molar-refractivity contribution in [3.63, 3.8) is 0 Å². The number of carbonyl (C=O) groups excluding carboxylic acids is 2. The van der Waals surface area contributed by atoms with Crippen LogP contribution < -0.4 is 0 Å². The van der Waals surface area contributed by atoms with E-state index in [0.717, 1.165) is 0 Å². The van der Waals surface area contributed by atoms with Gasteiger partial charge in [0, 0.05) is 19.2 Å².